The van der Waals surface area contributed by atoms with Crippen molar-refractivity contribution < 1.29 is 19.4 Å². The van der Waals surface area contributed by atoms with Crippen molar-refractivity contribution in [2.45, 2.75) is 12.5 Å². The van der Waals surface area contributed by atoms with Crippen LogP contribution < -0.4 is 0 Å². The highest BCUT2D eigenvalue weighted by molar-refractivity contribution is 5.95. The van der Waals surface area contributed by atoms with Crippen molar-refractivity contribution in [2.75, 3.05) is 19.7 Å². The monoisotopic (exact) mass is 325 g/mol. The van der Waals surface area contributed by atoms with Gasteiger partial charge >= 0.3 is 5.97 Å². The first-order valence-corrected chi connectivity index (χ1v) is 7.91. The van der Waals surface area contributed by atoms with Crippen molar-refractivity contribution in [3.8, 4) is 11.1 Å². The Morgan fingerprint density at radius 1 is 1.04 bits per heavy atom. The summed E-state index contributed by atoms with van der Waals surface area (Å²) in [4.78, 5) is 24.8. The second-order valence-corrected chi connectivity index (χ2v) is 5.81. The molecule has 24 heavy (non-hydrogen) atoms. The van der Waals surface area contributed by atoms with E-state index in [1.54, 1.807) is 4.90 Å². The first-order valence-electron chi connectivity index (χ1n) is 7.91. The lowest BCUT2D eigenvalue weighted by Crippen LogP contribution is -2.30. The predicted octanol–water partition coefficient (Wildman–Crippen LogP) is 2.67. The van der Waals surface area contributed by atoms with Crippen molar-refractivity contribution in [2.24, 2.45) is 0 Å². The standard InChI is InChI=1S/C19H19NO4/c21-18(22)13-24-17-10-11-20(12-17)19(23)16-8-6-15(7-9-16)14-4-2-1-3-5-14/h1-9,17H,10-13H2,(H,21,22)/t17-/m1/s1. The number of carboxylic acid groups (broad SMARTS) is 1. The van der Waals surface area contributed by atoms with Crippen LogP contribution in [0.1, 0.15) is 16.8 Å². The maximum absolute atomic E-state index is 12.5. The zero-order valence-electron chi connectivity index (χ0n) is 13.2. The molecule has 1 atom stereocenters. The molecule has 1 heterocycles. The molecule has 0 aromatic heterocycles. The third-order valence-corrected chi connectivity index (χ3v) is 4.11. The van der Waals surface area contributed by atoms with E-state index in [2.05, 4.69) is 0 Å². The molecule has 0 spiro atoms. The molecule has 1 aliphatic rings. The van der Waals surface area contributed by atoms with Crippen LogP contribution in [0.3, 0.4) is 0 Å². The molecular formula is C19H19NO4. The Bertz CT molecular complexity index is 712. The van der Waals surface area contributed by atoms with E-state index >= 15 is 0 Å². The summed E-state index contributed by atoms with van der Waals surface area (Å²) in [5.74, 6) is -1.03. The van der Waals surface area contributed by atoms with E-state index in [0.717, 1.165) is 11.1 Å². The van der Waals surface area contributed by atoms with Crippen LogP contribution in [0.4, 0.5) is 0 Å². The van der Waals surface area contributed by atoms with E-state index in [1.807, 2.05) is 54.6 Å². The van der Waals surface area contributed by atoms with Gasteiger partial charge in [-0.2, -0.15) is 0 Å². The average Bonchev–Trinajstić information content (AvgIpc) is 3.09. The number of hydrogen-bond acceptors (Lipinski definition) is 3. The van der Waals surface area contributed by atoms with Crippen molar-refractivity contribution >= 4 is 11.9 Å². The zero-order chi connectivity index (χ0) is 16.9. The normalized spacial score (nSPS) is 17.0. The molecule has 1 fully saturated rings. The summed E-state index contributed by atoms with van der Waals surface area (Å²) >= 11 is 0. The molecule has 1 aliphatic heterocycles. The largest absolute Gasteiger partial charge is 0.480 e. The molecular weight excluding hydrogens is 306 g/mol. The van der Waals surface area contributed by atoms with Crippen molar-refractivity contribution in [3.05, 3.63) is 60.2 Å². The van der Waals surface area contributed by atoms with Crippen molar-refractivity contribution in [3.63, 3.8) is 0 Å². The Hall–Kier alpha value is -2.66. The number of carbonyl (C=O) groups is 2. The van der Waals surface area contributed by atoms with E-state index < -0.39 is 5.97 Å². The number of nitrogens with zero attached hydrogens (tertiary/aromatic N) is 1. The van der Waals surface area contributed by atoms with E-state index in [4.69, 9.17) is 9.84 Å². The number of benzene rings is 2. The lowest BCUT2D eigenvalue weighted by Gasteiger charge is -2.16. The number of rotatable bonds is 5. The second kappa shape index (κ2) is 7.27. The van der Waals surface area contributed by atoms with Crippen LogP contribution in [0.15, 0.2) is 54.6 Å². The Labute approximate surface area is 140 Å². The molecule has 0 aliphatic carbocycles. The zero-order valence-corrected chi connectivity index (χ0v) is 13.2. The molecule has 2 aromatic rings. The van der Waals surface area contributed by atoms with Crippen LogP contribution in [0.5, 0.6) is 0 Å². The molecule has 0 saturated carbocycles. The molecule has 2 aromatic carbocycles. The van der Waals surface area contributed by atoms with Gasteiger partial charge in [-0.05, 0) is 29.7 Å². The van der Waals surface area contributed by atoms with Gasteiger partial charge < -0.3 is 14.7 Å². The van der Waals surface area contributed by atoms with Gasteiger partial charge in [0, 0.05) is 18.7 Å². The van der Waals surface area contributed by atoms with Gasteiger partial charge in [0.2, 0.25) is 0 Å². The van der Waals surface area contributed by atoms with E-state index in [-0.39, 0.29) is 18.6 Å². The van der Waals surface area contributed by atoms with Crippen LogP contribution in [-0.2, 0) is 9.53 Å². The lowest BCUT2D eigenvalue weighted by molar-refractivity contribution is -0.144. The van der Waals surface area contributed by atoms with Gasteiger partial charge in [-0.15, -0.1) is 0 Å². The quantitative estimate of drug-likeness (QED) is 0.918. The van der Waals surface area contributed by atoms with Crippen LogP contribution in [0, 0.1) is 0 Å². The fourth-order valence-corrected chi connectivity index (χ4v) is 2.86. The number of amides is 1. The van der Waals surface area contributed by atoms with Gasteiger partial charge in [0.15, 0.2) is 0 Å². The number of likely N-dealkylation sites (tertiary alicyclic amines) is 1. The second-order valence-electron chi connectivity index (χ2n) is 5.81. The summed E-state index contributed by atoms with van der Waals surface area (Å²) in [6.45, 7) is 0.703. The molecule has 0 unspecified atom stereocenters. The van der Waals surface area contributed by atoms with E-state index in [1.165, 1.54) is 0 Å². The van der Waals surface area contributed by atoms with E-state index in [0.29, 0.717) is 25.1 Å². The first kappa shape index (κ1) is 16.2. The molecule has 5 heteroatoms. The summed E-state index contributed by atoms with van der Waals surface area (Å²) in [7, 11) is 0. The molecule has 5 nitrogen and oxygen atoms in total. The minimum Gasteiger partial charge on any atom is -0.480 e. The van der Waals surface area contributed by atoms with Crippen molar-refractivity contribution in [1.82, 2.24) is 4.90 Å². The summed E-state index contributed by atoms with van der Waals surface area (Å²) in [6.07, 6.45) is 0.467. The Kier molecular flexibility index (Phi) is 4.91. The maximum Gasteiger partial charge on any atom is 0.329 e. The number of hydrogen-bond donors (Lipinski definition) is 1. The summed E-state index contributed by atoms with van der Waals surface area (Å²) in [6, 6.07) is 17.5. The van der Waals surface area contributed by atoms with Crippen LogP contribution in [0.2, 0.25) is 0 Å². The first-order chi connectivity index (χ1) is 11.6. The van der Waals surface area contributed by atoms with Gasteiger partial charge in [-0.1, -0.05) is 42.5 Å². The van der Waals surface area contributed by atoms with Gasteiger partial charge in [-0.25, -0.2) is 4.79 Å². The number of aliphatic carboxylic acids is 1. The SMILES string of the molecule is O=C(O)CO[C@@H]1CCN(C(=O)c2ccc(-c3ccccc3)cc2)C1. The number of carboxylic acids is 1. The Morgan fingerprint density at radius 3 is 2.38 bits per heavy atom. The highest BCUT2D eigenvalue weighted by atomic mass is 16.5. The molecule has 1 amide bonds. The third-order valence-electron chi connectivity index (χ3n) is 4.11. The van der Waals surface area contributed by atoms with Gasteiger partial charge in [0.1, 0.15) is 6.61 Å². The lowest BCUT2D eigenvalue weighted by atomic mass is 10.0. The number of carbonyl (C=O) groups excluding carboxylic acids is 1. The third kappa shape index (κ3) is 3.81. The Balaban J connectivity index is 1.62. The smallest absolute Gasteiger partial charge is 0.329 e. The fourth-order valence-electron chi connectivity index (χ4n) is 2.86. The summed E-state index contributed by atoms with van der Waals surface area (Å²) < 4.78 is 5.26. The van der Waals surface area contributed by atoms with Crippen LogP contribution in [-0.4, -0.2) is 47.7 Å². The minimum absolute atomic E-state index is 0.0453. The topological polar surface area (TPSA) is 66.8 Å². The molecule has 124 valence electrons. The van der Waals surface area contributed by atoms with Crippen LogP contribution in [0.25, 0.3) is 11.1 Å². The van der Waals surface area contributed by atoms with Gasteiger partial charge in [-0.3, -0.25) is 4.79 Å². The predicted molar refractivity (Wildman–Crippen MR) is 89.8 cm³/mol. The van der Waals surface area contributed by atoms with Gasteiger partial charge in [0.05, 0.1) is 6.10 Å². The summed E-state index contributed by atoms with van der Waals surface area (Å²) in [5, 5.41) is 8.64. The molecule has 1 N–H and O–H groups in total. The Morgan fingerprint density at radius 2 is 1.71 bits per heavy atom. The summed E-state index contributed by atoms with van der Waals surface area (Å²) in [5.41, 5.74) is 2.81. The molecule has 3 rings (SSSR count). The van der Waals surface area contributed by atoms with Crippen LogP contribution >= 0.6 is 0 Å². The molecule has 1 saturated heterocycles. The highest BCUT2D eigenvalue weighted by Crippen LogP contribution is 2.21. The highest BCUT2D eigenvalue weighted by Gasteiger charge is 2.27. The number of ether oxygens (including phenoxy) is 1. The minimum atomic E-state index is -0.990. The fraction of sp³-hybridized carbons (Fsp3) is 0.263. The maximum atomic E-state index is 12.5. The van der Waals surface area contributed by atoms with Crippen molar-refractivity contribution in [1.29, 1.82) is 0 Å². The van der Waals surface area contributed by atoms with E-state index in [9.17, 15) is 9.59 Å². The molecule has 0 radical (unpaired) electrons. The van der Waals surface area contributed by atoms with Gasteiger partial charge in [0.25, 0.3) is 5.91 Å². The molecule has 0 bridgehead atoms. The average molecular weight is 325 g/mol.